The molecule has 0 aliphatic carbocycles. The maximum absolute atomic E-state index is 12.0. The molecule has 0 spiro atoms. The van der Waals surface area contributed by atoms with Gasteiger partial charge in [-0.05, 0) is 43.7 Å². The topological polar surface area (TPSA) is 41.5 Å². The Hall–Kier alpha value is -1.36. The minimum atomic E-state index is -0.319. The van der Waals surface area contributed by atoms with Gasteiger partial charge in [-0.25, -0.2) is 5.43 Å². The molecule has 1 aromatic heterocycles. The predicted octanol–water partition coefficient (Wildman–Crippen LogP) is 4.77. The highest BCUT2D eigenvalue weighted by Crippen LogP contribution is 2.22. The Labute approximate surface area is 137 Å². The first kappa shape index (κ1) is 16.0. The van der Waals surface area contributed by atoms with Gasteiger partial charge < -0.3 is 0 Å². The molecule has 0 atom stereocenters. The Morgan fingerprint density at radius 3 is 2.62 bits per heavy atom. The van der Waals surface area contributed by atoms with Crippen LogP contribution in [0.15, 0.2) is 35.4 Å². The van der Waals surface area contributed by atoms with Gasteiger partial charge in [0.2, 0.25) is 0 Å². The number of amides is 1. The molecule has 0 unspecified atom stereocenters. The molecule has 1 amide bonds. The van der Waals surface area contributed by atoms with E-state index < -0.39 is 0 Å². The van der Waals surface area contributed by atoms with E-state index in [0.717, 1.165) is 17.0 Å². The first-order chi connectivity index (χ1) is 10.0. The van der Waals surface area contributed by atoms with E-state index >= 15 is 0 Å². The van der Waals surface area contributed by atoms with Gasteiger partial charge in [0.05, 0.1) is 20.6 Å². The van der Waals surface area contributed by atoms with E-state index in [9.17, 15) is 4.79 Å². The average Bonchev–Trinajstić information content (AvgIpc) is 2.96. The van der Waals surface area contributed by atoms with Crippen LogP contribution in [0.1, 0.15) is 34.0 Å². The van der Waals surface area contributed by atoms with Crippen molar-refractivity contribution >= 4 is 46.2 Å². The normalized spacial score (nSPS) is 11.5. The number of benzene rings is 1. The molecule has 0 aliphatic rings. The van der Waals surface area contributed by atoms with Crippen LogP contribution >= 0.6 is 34.5 Å². The smallest absolute Gasteiger partial charge is 0.267 e. The number of rotatable bonds is 4. The van der Waals surface area contributed by atoms with Crippen LogP contribution in [0.5, 0.6) is 0 Å². The molecule has 0 bridgehead atoms. The quantitative estimate of drug-likeness (QED) is 0.632. The molecule has 1 N–H and O–H groups in total. The average molecular weight is 341 g/mol. The molecular weight excluding hydrogens is 327 g/mol. The van der Waals surface area contributed by atoms with Gasteiger partial charge in [-0.2, -0.15) is 5.10 Å². The minimum absolute atomic E-state index is 0.319. The van der Waals surface area contributed by atoms with Crippen molar-refractivity contribution in [3.8, 4) is 0 Å². The molecule has 1 aromatic carbocycles. The molecule has 0 saturated heterocycles. The number of nitrogens with one attached hydrogen (secondary N) is 1. The standard InChI is InChI=1S/C15H14Cl2N2OS/c1-3-11-5-7-14(21-11)9(2)18-19-15(20)10-4-6-12(16)13(17)8-10/h4-8H,3H2,1-2H3,(H,19,20). The van der Waals surface area contributed by atoms with Gasteiger partial charge in [0.1, 0.15) is 0 Å². The lowest BCUT2D eigenvalue weighted by atomic mass is 10.2. The van der Waals surface area contributed by atoms with E-state index in [1.807, 2.05) is 13.0 Å². The van der Waals surface area contributed by atoms with Crippen molar-refractivity contribution in [3.63, 3.8) is 0 Å². The summed E-state index contributed by atoms with van der Waals surface area (Å²) in [7, 11) is 0. The van der Waals surface area contributed by atoms with Gasteiger partial charge >= 0.3 is 0 Å². The fourth-order valence-corrected chi connectivity index (χ4v) is 2.84. The summed E-state index contributed by atoms with van der Waals surface area (Å²) < 4.78 is 0. The highest BCUT2D eigenvalue weighted by atomic mass is 35.5. The molecule has 0 radical (unpaired) electrons. The maximum atomic E-state index is 12.0. The van der Waals surface area contributed by atoms with Crippen LogP contribution in [0.3, 0.4) is 0 Å². The highest BCUT2D eigenvalue weighted by Gasteiger charge is 2.08. The third-order valence-electron chi connectivity index (χ3n) is 2.87. The summed E-state index contributed by atoms with van der Waals surface area (Å²) >= 11 is 13.4. The number of carbonyl (C=O) groups excluding carboxylic acids is 1. The summed E-state index contributed by atoms with van der Waals surface area (Å²) in [5.41, 5.74) is 3.71. The number of hydrazone groups is 1. The van der Waals surface area contributed by atoms with Crippen molar-refractivity contribution in [2.75, 3.05) is 0 Å². The second kappa shape index (κ2) is 7.07. The van der Waals surface area contributed by atoms with Crippen molar-refractivity contribution in [2.45, 2.75) is 20.3 Å². The monoisotopic (exact) mass is 340 g/mol. The molecule has 21 heavy (non-hydrogen) atoms. The molecule has 110 valence electrons. The van der Waals surface area contributed by atoms with Gasteiger partial charge in [-0.15, -0.1) is 11.3 Å². The number of thiophene rings is 1. The number of halogens is 2. The highest BCUT2D eigenvalue weighted by molar-refractivity contribution is 7.14. The summed E-state index contributed by atoms with van der Waals surface area (Å²) in [6.45, 7) is 3.97. The molecule has 1 heterocycles. The molecular formula is C15H14Cl2N2OS. The van der Waals surface area contributed by atoms with E-state index in [4.69, 9.17) is 23.2 Å². The summed E-state index contributed by atoms with van der Waals surface area (Å²) in [4.78, 5) is 14.3. The fourth-order valence-electron chi connectivity index (χ4n) is 1.65. The zero-order chi connectivity index (χ0) is 15.4. The molecule has 0 saturated carbocycles. The van der Waals surface area contributed by atoms with Gasteiger partial charge in [0.15, 0.2) is 0 Å². The Kier molecular flexibility index (Phi) is 5.39. The number of hydrogen-bond donors (Lipinski definition) is 1. The summed E-state index contributed by atoms with van der Waals surface area (Å²) in [6.07, 6.45) is 0.994. The second-order valence-electron chi connectivity index (χ2n) is 4.39. The van der Waals surface area contributed by atoms with E-state index in [-0.39, 0.29) is 5.91 Å². The van der Waals surface area contributed by atoms with Crippen molar-refractivity contribution in [3.05, 3.63) is 55.7 Å². The predicted molar refractivity (Wildman–Crippen MR) is 89.8 cm³/mol. The molecule has 0 fully saturated rings. The van der Waals surface area contributed by atoms with Crippen molar-refractivity contribution in [1.82, 2.24) is 5.43 Å². The van der Waals surface area contributed by atoms with Gasteiger partial charge in [0, 0.05) is 10.4 Å². The third-order valence-corrected chi connectivity index (χ3v) is 4.95. The lowest BCUT2D eigenvalue weighted by Crippen LogP contribution is -2.19. The fraction of sp³-hybridized carbons (Fsp3) is 0.200. The molecule has 2 aromatic rings. The van der Waals surface area contributed by atoms with Crippen LogP contribution in [0.4, 0.5) is 0 Å². The van der Waals surface area contributed by atoms with E-state index in [1.165, 1.54) is 10.9 Å². The summed E-state index contributed by atoms with van der Waals surface area (Å²) in [5.74, 6) is -0.319. The molecule has 0 aliphatic heterocycles. The molecule has 2 rings (SSSR count). The second-order valence-corrected chi connectivity index (χ2v) is 6.37. The SMILES string of the molecule is CCc1ccc(C(C)=NNC(=O)c2ccc(Cl)c(Cl)c2)s1. The van der Waals surface area contributed by atoms with Crippen LogP contribution in [0, 0.1) is 0 Å². The number of carbonyl (C=O) groups is 1. The van der Waals surface area contributed by atoms with Gasteiger partial charge in [-0.3, -0.25) is 4.79 Å². The van der Waals surface area contributed by atoms with E-state index in [0.29, 0.717) is 15.6 Å². The molecule has 3 nitrogen and oxygen atoms in total. The maximum Gasteiger partial charge on any atom is 0.271 e. The third kappa shape index (κ3) is 4.06. The first-order valence-electron chi connectivity index (χ1n) is 6.40. The largest absolute Gasteiger partial charge is 0.271 e. The lowest BCUT2D eigenvalue weighted by Gasteiger charge is -2.03. The Balaban J connectivity index is 2.08. The summed E-state index contributed by atoms with van der Waals surface area (Å²) in [5, 5.41) is 4.88. The van der Waals surface area contributed by atoms with E-state index in [2.05, 4.69) is 23.5 Å². The lowest BCUT2D eigenvalue weighted by molar-refractivity contribution is 0.0955. The van der Waals surface area contributed by atoms with Crippen LogP contribution in [0.25, 0.3) is 0 Å². The van der Waals surface area contributed by atoms with Crippen LogP contribution in [0.2, 0.25) is 10.0 Å². The van der Waals surface area contributed by atoms with Crippen molar-refractivity contribution < 1.29 is 4.79 Å². The van der Waals surface area contributed by atoms with Crippen LogP contribution < -0.4 is 5.43 Å². The Morgan fingerprint density at radius 1 is 1.24 bits per heavy atom. The van der Waals surface area contributed by atoms with Gasteiger partial charge in [-0.1, -0.05) is 30.1 Å². The number of nitrogens with zero attached hydrogens (tertiary/aromatic N) is 1. The first-order valence-corrected chi connectivity index (χ1v) is 7.97. The Bertz CT molecular complexity index is 695. The zero-order valence-corrected chi connectivity index (χ0v) is 13.9. The van der Waals surface area contributed by atoms with Crippen molar-refractivity contribution in [2.24, 2.45) is 5.10 Å². The van der Waals surface area contributed by atoms with Crippen LogP contribution in [-0.4, -0.2) is 11.6 Å². The van der Waals surface area contributed by atoms with Crippen molar-refractivity contribution in [1.29, 1.82) is 0 Å². The molecule has 6 heteroatoms. The number of aryl methyl sites for hydroxylation is 1. The summed E-state index contributed by atoms with van der Waals surface area (Å²) in [6, 6.07) is 8.79. The number of hydrogen-bond acceptors (Lipinski definition) is 3. The zero-order valence-electron chi connectivity index (χ0n) is 11.6. The van der Waals surface area contributed by atoms with Gasteiger partial charge in [0.25, 0.3) is 5.91 Å². The Morgan fingerprint density at radius 2 is 2.00 bits per heavy atom. The van der Waals surface area contributed by atoms with Crippen LogP contribution in [-0.2, 0) is 6.42 Å². The minimum Gasteiger partial charge on any atom is -0.267 e. The van der Waals surface area contributed by atoms with E-state index in [1.54, 1.807) is 23.5 Å².